The van der Waals surface area contributed by atoms with Crippen molar-refractivity contribution in [3.63, 3.8) is 0 Å². The Morgan fingerprint density at radius 3 is 2.88 bits per heavy atom. The van der Waals surface area contributed by atoms with Gasteiger partial charge in [0, 0.05) is 33.0 Å². The molecular formula is C14H12BrNS. The van der Waals surface area contributed by atoms with E-state index in [1.165, 1.54) is 20.3 Å². The van der Waals surface area contributed by atoms with E-state index in [0.29, 0.717) is 0 Å². The Morgan fingerprint density at radius 2 is 2.06 bits per heavy atom. The highest BCUT2D eigenvalue weighted by Gasteiger charge is 2.03. The van der Waals surface area contributed by atoms with Crippen LogP contribution in [0.5, 0.6) is 0 Å². The van der Waals surface area contributed by atoms with Gasteiger partial charge >= 0.3 is 0 Å². The van der Waals surface area contributed by atoms with Gasteiger partial charge in [-0.2, -0.15) is 0 Å². The molecule has 0 saturated carbocycles. The fourth-order valence-corrected chi connectivity index (χ4v) is 3.25. The number of nitrogens with zero attached hydrogens (tertiary/aromatic N) is 1. The molecule has 0 aliphatic carbocycles. The molecule has 86 valence electrons. The van der Waals surface area contributed by atoms with Crippen LogP contribution in [0.4, 0.5) is 0 Å². The molecular weight excluding hydrogens is 294 g/mol. The number of aromatic nitrogens is 1. The summed E-state index contributed by atoms with van der Waals surface area (Å²) in [5.41, 5.74) is 1.30. The lowest BCUT2D eigenvalue weighted by atomic mass is 10.2. The summed E-state index contributed by atoms with van der Waals surface area (Å²) < 4.78 is 3.49. The normalized spacial score (nSPS) is 11.1. The third-order valence-electron chi connectivity index (χ3n) is 2.94. The van der Waals surface area contributed by atoms with Crippen molar-refractivity contribution in [2.75, 3.05) is 0 Å². The quantitative estimate of drug-likeness (QED) is 0.660. The van der Waals surface area contributed by atoms with Gasteiger partial charge in [-0.15, -0.1) is 11.3 Å². The molecule has 2 heterocycles. The molecule has 1 nitrogen and oxygen atoms in total. The summed E-state index contributed by atoms with van der Waals surface area (Å²) in [5, 5.41) is 3.43. The molecule has 0 amide bonds. The Hall–Kier alpha value is -1.06. The summed E-state index contributed by atoms with van der Waals surface area (Å²) in [7, 11) is 0. The first-order valence-corrected chi connectivity index (χ1v) is 7.27. The highest BCUT2D eigenvalue weighted by Crippen LogP contribution is 2.25. The van der Waals surface area contributed by atoms with Crippen LogP contribution in [0.1, 0.15) is 4.88 Å². The second kappa shape index (κ2) is 4.67. The van der Waals surface area contributed by atoms with Gasteiger partial charge in [0.15, 0.2) is 0 Å². The van der Waals surface area contributed by atoms with E-state index in [-0.39, 0.29) is 0 Å². The van der Waals surface area contributed by atoms with Gasteiger partial charge < -0.3 is 4.57 Å². The highest BCUT2D eigenvalue weighted by atomic mass is 79.9. The van der Waals surface area contributed by atoms with E-state index in [1.54, 1.807) is 0 Å². The fourth-order valence-electron chi connectivity index (χ4n) is 2.07. The van der Waals surface area contributed by atoms with Gasteiger partial charge in [-0.3, -0.25) is 0 Å². The minimum Gasteiger partial charge on any atom is -0.347 e. The first kappa shape index (κ1) is 11.1. The van der Waals surface area contributed by atoms with Crippen molar-refractivity contribution in [1.82, 2.24) is 4.57 Å². The van der Waals surface area contributed by atoms with Crippen molar-refractivity contribution in [1.29, 1.82) is 0 Å². The molecule has 17 heavy (non-hydrogen) atoms. The second-order valence-electron chi connectivity index (χ2n) is 4.01. The van der Waals surface area contributed by atoms with E-state index < -0.39 is 0 Å². The van der Waals surface area contributed by atoms with Gasteiger partial charge in [-0.25, -0.2) is 0 Å². The van der Waals surface area contributed by atoms with E-state index in [0.717, 1.165) is 13.0 Å². The van der Waals surface area contributed by atoms with Gasteiger partial charge in [0.2, 0.25) is 0 Å². The maximum absolute atomic E-state index is 3.59. The van der Waals surface area contributed by atoms with Gasteiger partial charge in [-0.1, -0.05) is 28.1 Å². The molecule has 0 radical (unpaired) electrons. The Labute approximate surface area is 113 Å². The molecule has 0 spiro atoms. The van der Waals surface area contributed by atoms with Gasteiger partial charge in [-0.05, 0) is 36.1 Å². The van der Waals surface area contributed by atoms with E-state index in [2.05, 4.69) is 68.5 Å². The van der Waals surface area contributed by atoms with E-state index in [1.807, 2.05) is 11.3 Å². The van der Waals surface area contributed by atoms with Gasteiger partial charge in [0.25, 0.3) is 0 Å². The molecule has 0 saturated heterocycles. The second-order valence-corrected chi connectivity index (χ2v) is 5.90. The Kier molecular flexibility index (Phi) is 3.04. The molecule has 3 aromatic rings. The van der Waals surface area contributed by atoms with Crippen LogP contribution in [0, 0.1) is 0 Å². The highest BCUT2D eigenvalue weighted by molar-refractivity contribution is 9.10. The number of thiophene rings is 1. The Morgan fingerprint density at radius 1 is 1.12 bits per heavy atom. The number of hydrogen-bond donors (Lipinski definition) is 0. The zero-order chi connectivity index (χ0) is 11.7. The lowest BCUT2D eigenvalue weighted by Gasteiger charge is -2.04. The van der Waals surface area contributed by atoms with Crippen LogP contribution >= 0.6 is 27.3 Å². The lowest BCUT2D eigenvalue weighted by Crippen LogP contribution is -1.98. The van der Waals surface area contributed by atoms with Gasteiger partial charge in [0.05, 0.1) is 0 Å². The lowest BCUT2D eigenvalue weighted by molar-refractivity contribution is 0.730. The van der Waals surface area contributed by atoms with E-state index >= 15 is 0 Å². The van der Waals surface area contributed by atoms with Crippen molar-refractivity contribution >= 4 is 38.2 Å². The molecule has 2 aromatic heterocycles. The maximum Gasteiger partial charge on any atom is 0.0491 e. The number of fused-ring (bicyclic) bond motifs is 1. The summed E-state index contributed by atoms with van der Waals surface area (Å²) in [4.78, 5) is 1.45. The molecule has 0 aliphatic heterocycles. The molecule has 1 aromatic carbocycles. The van der Waals surface area contributed by atoms with Crippen molar-refractivity contribution in [2.45, 2.75) is 13.0 Å². The average molecular weight is 306 g/mol. The first-order valence-electron chi connectivity index (χ1n) is 5.60. The Balaban J connectivity index is 1.88. The van der Waals surface area contributed by atoms with Crippen molar-refractivity contribution < 1.29 is 0 Å². The minimum atomic E-state index is 1.04. The number of rotatable bonds is 3. The smallest absolute Gasteiger partial charge is 0.0491 e. The molecule has 0 fully saturated rings. The van der Waals surface area contributed by atoms with Crippen LogP contribution in [0.2, 0.25) is 0 Å². The van der Waals surface area contributed by atoms with Crippen molar-refractivity contribution in [2.24, 2.45) is 0 Å². The zero-order valence-electron chi connectivity index (χ0n) is 9.27. The summed E-state index contributed by atoms with van der Waals surface area (Å²) in [6.07, 6.45) is 3.27. The molecule has 0 aliphatic rings. The van der Waals surface area contributed by atoms with Crippen LogP contribution in [0.15, 0.2) is 52.4 Å². The van der Waals surface area contributed by atoms with Crippen LogP contribution < -0.4 is 0 Å². The van der Waals surface area contributed by atoms with Crippen molar-refractivity contribution in [3.05, 3.63) is 57.3 Å². The van der Waals surface area contributed by atoms with Crippen LogP contribution in [-0.4, -0.2) is 4.57 Å². The van der Waals surface area contributed by atoms with Crippen LogP contribution in [-0.2, 0) is 13.0 Å². The molecule has 3 rings (SSSR count). The van der Waals surface area contributed by atoms with Crippen LogP contribution in [0.25, 0.3) is 10.9 Å². The topological polar surface area (TPSA) is 4.93 Å². The molecule has 0 bridgehead atoms. The largest absolute Gasteiger partial charge is 0.347 e. The van der Waals surface area contributed by atoms with E-state index in [4.69, 9.17) is 0 Å². The number of halogens is 1. The average Bonchev–Trinajstić information content (AvgIpc) is 2.95. The maximum atomic E-state index is 3.59. The predicted octanol–water partition coefficient (Wildman–Crippen LogP) is 4.71. The summed E-state index contributed by atoms with van der Waals surface area (Å²) in [5.74, 6) is 0. The third-order valence-corrected chi connectivity index (χ3v) is 4.57. The van der Waals surface area contributed by atoms with Gasteiger partial charge in [0.1, 0.15) is 0 Å². The first-order chi connectivity index (χ1) is 8.34. The summed E-state index contributed by atoms with van der Waals surface area (Å²) in [6.45, 7) is 1.04. The minimum absolute atomic E-state index is 1.04. The van der Waals surface area contributed by atoms with E-state index in [9.17, 15) is 0 Å². The standard InChI is InChI=1S/C14H12BrNS/c15-13-4-1-5-14-12(13)7-9-16(14)8-6-11-3-2-10-17-11/h1-5,7,9-10H,6,8H2. The number of hydrogen-bond acceptors (Lipinski definition) is 1. The fraction of sp³-hybridized carbons (Fsp3) is 0.143. The predicted molar refractivity (Wildman–Crippen MR) is 77.7 cm³/mol. The monoisotopic (exact) mass is 305 g/mol. The number of aryl methyl sites for hydroxylation is 2. The zero-order valence-corrected chi connectivity index (χ0v) is 11.7. The summed E-state index contributed by atoms with van der Waals surface area (Å²) in [6, 6.07) is 12.8. The number of benzene rings is 1. The third kappa shape index (κ3) is 2.17. The molecule has 0 atom stereocenters. The molecule has 0 N–H and O–H groups in total. The Bertz CT molecular complexity index is 625. The molecule has 3 heteroatoms. The van der Waals surface area contributed by atoms with Crippen molar-refractivity contribution in [3.8, 4) is 0 Å². The summed E-state index contributed by atoms with van der Waals surface area (Å²) >= 11 is 5.42. The molecule has 0 unspecified atom stereocenters. The SMILES string of the molecule is Brc1cccc2c1ccn2CCc1cccs1. The van der Waals surface area contributed by atoms with Crippen LogP contribution in [0.3, 0.4) is 0 Å².